The first-order chi connectivity index (χ1) is 11.8. The molecule has 1 aliphatic heterocycles. The third-order valence-electron chi connectivity index (χ3n) is 3.75. The topological polar surface area (TPSA) is 66.5 Å². The van der Waals surface area contributed by atoms with E-state index in [4.69, 9.17) is 0 Å². The number of amides is 4. The van der Waals surface area contributed by atoms with Crippen molar-refractivity contribution in [2.45, 2.75) is 13.8 Å². The number of anilines is 1. The largest absolute Gasteiger partial charge is 0.335 e. The molecule has 0 aliphatic carbocycles. The van der Waals surface area contributed by atoms with Gasteiger partial charge in [-0.1, -0.05) is 18.2 Å². The molecule has 2 aromatic rings. The minimum atomic E-state index is -0.795. The van der Waals surface area contributed by atoms with E-state index < -0.39 is 23.7 Å². The van der Waals surface area contributed by atoms with Gasteiger partial charge in [-0.2, -0.15) is 0 Å². The Morgan fingerprint density at radius 3 is 2.16 bits per heavy atom. The molecule has 0 unspecified atom stereocenters. The van der Waals surface area contributed by atoms with Crippen LogP contribution in [0.3, 0.4) is 0 Å². The lowest BCUT2D eigenvalue weighted by atomic mass is 10.1. The highest BCUT2D eigenvalue weighted by Gasteiger charge is 2.36. The summed E-state index contributed by atoms with van der Waals surface area (Å²) < 4.78 is 13.0. The molecule has 25 heavy (non-hydrogen) atoms. The number of aryl methyl sites for hydroxylation is 2. The van der Waals surface area contributed by atoms with E-state index in [0.717, 1.165) is 16.0 Å². The Kier molecular flexibility index (Phi) is 4.19. The summed E-state index contributed by atoms with van der Waals surface area (Å²) in [6, 6.07) is 9.84. The SMILES string of the molecule is Cc1cc(C)cc(N2C(=O)NC(=O)C(=Cc3ccc(F)cc3)C2=O)c1. The fourth-order valence-electron chi connectivity index (χ4n) is 2.70. The van der Waals surface area contributed by atoms with E-state index in [1.165, 1.54) is 30.3 Å². The van der Waals surface area contributed by atoms with Crippen molar-refractivity contribution in [1.29, 1.82) is 0 Å². The molecule has 0 spiro atoms. The lowest BCUT2D eigenvalue weighted by Crippen LogP contribution is -2.54. The van der Waals surface area contributed by atoms with E-state index in [0.29, 0.717) is 11.3 Å². The fraction of sp³-hybridized carbons (Fsp3) is 0.105. The molecule has 0 saturated carbocycles. The second kappa shape index (κ2) is 6.32. The highest BCUT2D eigenvalue weighted by Crippen LogP contribution is 2.24. The molecule has 126 valence electrons. The number of imide groups is 2. The van der Waals surface area contributed by atoms with Crippen molar-refractivity contribution in [3.05, 3.63) is 70.5 Å². The van der Waals surface area contributed by atoms with E-state index in [-0.39, 0.29) is 5.57 Å². The number of benzene rings is 2. The highest BCUT2D eigenvalue weighted by atomic mass is 19.1. The molecular formula is C19H15FN2O3. The van der Waals surface area contributed by atoms with Gasteiger partial charge in [-0.25, -0.2) is 14.1 Å². The molecule has 1 saturated heterocycles. The number of carbonyl (C=O) groups excluding carboxylic acids is 3. The number of carbonyl (C=O) groups is 3. The summed E-state index contributed by atoms with van der Waals surface area (Å²) in [5.74, 6) is -1.92. The van der Waals surface area contributed by atoms with E-state index in [1.807, 2.05) is 19.9 Å². The summed E-state index contributed by atoms with van der Waals surface area (Å²) in [4.78, 5) is 37.9. The number of hydrogen-bond donors (Lipinski definition) is 1. The third kappa shape index (κ3) is 3.33. The van der Waals surface area contributed by atoms with Crippen molar-refractivity contribution in [3.8, 4) is 0 Å². The maximum atomic E-state index is 13.0. The van der Waals surface area contributed by atoms with E-state index in [2.05, 4.69) is 5.32 Å². The average molecular weight is 338 g/mol. The van der Waals surface area contributed by atoms with Crippen molar-refractivity contribution < 1.29 is 18.8 Å². The van der Waals surface area contributed by atoms with Gasteiger partial charge in [0.2, 0.25) is 0 Å². The Bertz CT molecular complexity index is 897. The van der Waals surface area contributed by atoms with Gasteiger partial charge in [0.15, 0.2) is 0 Å². The van der Waals surface area contributed by atoms with Crippen LogP contribution >= 0.6 is 0 Å². The van der Waals surface area contributed by atoms with Gasteiger partial charge in [0.1, 0.15) is 11.4 Å². The van der Waals surface area contributed by atoms with Crippen LogP contribution in [-0.4, -0.2) is 17.8 Å². The van der Waals surface area contributed by atoms with Crippen LogP contribution in [-0.2, 0) is 9.59 Å². The molecule has 1 heterocycles. The normalized spacial score (nSPS) is 16.4. The van der Waals surface area contributed by atoms with Crippen LogP contribution in [0.25, 0.3) is 6.08 Å². The minimum absolute atomic E-state index is 0.189. The van der Waals surface area contributed by atoms with Gasteiger partial charge in [0.25, 0.3) is 11.8 Å². The van der Waals surface area contributed by atoms with Gasteiger partial charge >= 0.3 is 6.03 Å². The molecule has 2 aromatic carbocycles. The lowest BCUT2D eigenvalue weighted by Gasteiger charge is -2.27. The van der Waals surface area contributed by atoms with Crippen molar-refractivity contribution in [3.63, 3.8) is 0 Å². The molecule has 4 amide bonds. The molecule has 0 aromatic heterocycles. The number of hydrogen-bond acceptors (Lipinski definition) is 3. The molecule has 0 radical (unpaired) electrons. The summed E-state index contributed by atoms with van der Waals surface area (Å²) in [5, 5.41) is 2.16. The molecule has 1 fully saturated rings. The zero-order chi connectivity index (χ0) is 18.1. The van der Waals surface area contributed by atoms with E-state index in [1.54, 1.807) is 12.1 Å². The first-order valence-corrected chi connectivity index (χ1v) is 7.60. The summed E-state index contributed by atoms with van der Waals surface area (Å²) >= 11 is 0. The Balaban J connectivity index is 2.03. The smallest absolute Gasteiger partial charge is 0.273 e. The Labute approximate surface area is 143 Å². The maximum Gasteiger partial charge on any atom is 0.335 e. The predicted octanol–water partition coefficient (Wildman–Crippen LogP) is 3.11. The summed E-state index contributed by atoms with van der Waals surface area (Å²) in [6.07, 6.45) is 1.33. The van der Waals surface area contributed by atoms with E-state index in [9.17, 15) is 18.8 Å². The number of rotatable bonds is 2. The van der Waals surface area contributed by atoms with Crippen LogP contribution in [0, 0.1) is 19.7 Å². The molecule has 1 N–H and O–H groups in total. The molecule has 1 aliphatic rings. The number of nitrogens with zero attached hydrogens (tertiary/aromatic N) is 1. The van der Waals surface area contributed by atoms with Gasteiger partial charge in [0, 0.05) is 0 Å². The highest BCUT2D eigenvalue weighted by molar-refractivity contribution is 6.39. The zero-order valence-electron chi connectivity index (χ0n) is 13.7. The van der Waals surface area contributed by atoms with Crippen LogP contribution in [0.2, 0.25) is 0 Å². The molecule has 3 rings (SSSR count). The molecule has 6 heteroatoms. The predicted molar refractivity (Wildman–Crippen MR) is 91.3 cm³/mol. The first-order valence-electron chi connectivity index (χ1n) is 7.60. The van der Waals surface area contributed by atoms with Crippen LogP contribution < -0.4 is 10.2 Å². The Morgan fingerprint density at radius 2 is 1.56 bits per heavy atom. The third-order valence-corrected chi connectivity index (χ3v) is 3.75. The van der Waals surface area contributed by atoms with Crippen LogP contribution in [0.5, 0.6) is 0 Å². The standard InChI is InChI=1S/C19H15FN2O3/c1-11-7-12(2)9-15(8-11)22-18(24)16(17(23)21-19(22)25)10-13-3-5-14(20)6-4-13/h3-10H,1-2H3,(H,21,23,25). The van der Waals surface area contributed by atoms with Crippen molar-refractivity contribution in [2.75, 3.05) is 4.90 Å². The van der Waals surface area contributed by atoms with Crippen molar-refractivity contribution in [1.82, 2.24) is 5.32 Å². The monoisotopic (exact) mass is 338 g/mol. The van der Waals surface area contributed by atoms with Gasteiger partial charge in [0.05, 0.1) is 5.69 Å². The van der Waals surface area contributed by atoms with Crippen molar-refractivity contribution in [2.24, 2.45) is 0 Å². The summed E-state index contributed by atoms with van der Waals surface area (Å²) in [5.41, 5.74) is 2.45. The molecule has 0 atom stereocenters. The van der Waals surface area contributed by atoms with Crippen LogP contribution in [0.4, 0.5) is 14.9 Å². The average Bonchev–Trinajstić information content (AvgIpc) is 2.52. The molecule has 5 nitrogen and oxygen atoms in total. The van der Waals surface area contributed by atoms with Crippen molar-refractivity contribution >= 4 is 29.6 Å². The summed E-state index contributed by atoms with van der Waals surface area (Å²) in [7, 11) is 0. The second-order valence-electron chi connectivity index (χ2n) is 5.86. The van der Waals surface area contributed by atoms with Crippen LogP contribution in [0.15, 0.2) is 48.0 Å². The number of urea groups is 1. The minimum Gasteiger partial charge on any atom is -0.273 e. The summed E-state index contributed by atoms with van der Waals surface area (Å²) in [6.45, 7) is 3.70. The lowest BCUT2D eigenvalue weighted by molar-refractivity contribution is -0.122. The van der Waals surface area contributed by atoms with Crippen LogP contribution in [0.1, 0.15) is 16.7 Å². The zero-order valence-corrected chi connectivity index (χ0v) is 13.7. The Morgan fingerprint density at radius 1 is 0.960 bits per heavy atom. The van der Waals surface area contributed by atoms with E-state index >= 15 is 0 Å². The second-order valence-corrected chi connectivity index (χ2v) is 5.86. The van der Waals surface area contributed by atoms with Gasteiger partial charge in [-0.3, -0.25) is 14.9 Å². The van der Waals surface area contributed by atoms with Gasteiger partial charge in [-0.05, 0) is 60.9 Å². The maximum absolute atomic E-state index is 13.0. The number of barbiturate groups is 1. The Hall–Kier alpha value is -3.28. The quantitative estimate of drug-likeness (QED) is 0.676. The molecule has 0 bridgehead atoms. The first kappa shape index (κ1) is 16.6. The number of nitrogens with one attached hydrogen (secondary N) is 1. The van der Waals surface area contributed by atoms with Gasteiger partial charge in [-0.15, -0.1) is 0 Å². The number of halogens is 1. The molecular weight excluding hydrogens is 323 g/mol. The fourth-order valence-corrected chi connectivity index (χ4v) is 2.70. The van der Waals surface area contributed by atoms with Gasteiger partial charge < -0.3 is 0 Å².